The van der Waals surface area contributed by atoms with Crippen LogP contribution in [0.3, 0.4) is 0 Å². The lowest BCUT2D eigenvalue weighted by molar-refractivity contribution is -0.290. The largest absolute Gasteiger partial charge is 0.471 e. The first kappa shape index (κ1) is 12.5. The number of anilines is 1. The van der Waals surface area contributed by atoms with Gasteiger partial charge in [-0.15, -0.1) is 0 Å². The van der Waals surface area contributed by atoms with Crippen molar-refractivity contribution >= 4 is 5.82 Å². The van der Waals surface area contributed by atoms with Gasteiger partial charge in [-0.2, -0.15) is 26.9 Å². The van der Waals surface area contributed by atoms with E-state index in [2.05, 4.69) is 9.72 Å². The molecule has 0 unspecified atom stereocenters. The van der Waals surface area contributed by atoms with E-state index in [-0.39, 0.29) is 11.7 Å². The molecule has 0 amide bonds. The SMILES string of the molecule is Nc1cccc(OCC(F)(F)C(F)(F)F)n1. The molecule has 0 atom stereocenters. The number of nitrogen functional groups attached to an aromatic ring is 1. The fourth-order valence-electron chi connectivity index (χ4n) is 0.758. The number of pyridine rings is 1. The van der Waals surface area contributed by atoms with E-state index in [1.54, 1.807) is 0 Å². The Labute approximate surface area is 87.0 Å². The molecule has 0 aliphatic rings. The molecule has 0 spiro atoms. The normalized spacial score (nSPS) is 12.6. The number of hydrogen-bond donors (Lipinski definition) is 1. The Morgan fingerprint density at radius 2 is 1.81 bits per heavy atom. The maximum absolute atomic E-state index is 12.4. The summed E-state index contributed by atoms with van der Waals surface area (Å²) in [5.41, 5.74) is 5.18. The van der Waals surface area contributed by atoms with Crippen LogP contribution in [0.1, 0.15) is 0 Å². The first-order chi connectivity index (χ1) is 7.22. The molecule has 1 aromatic heterocycles. The van der Waals surface area contributed by atoms with Gasteiger partial charge in [0.05, 0.1) is 0 Å². The van der Waals surface area contributed by atoms with Gasteiger partial charge in [0.25, 0.3) is 0 Å². The first-order valence-corrected chi connectivity index (χ1v) is 4.02. The second-order valence-corrected chi connectivity index (χ2v) is 2.89. The van der Waals surface area contributed by atoms with Gasteiger partial charge in [-0.3, -0.25) is 0 Å². The molecule has 0 aliphatic carbocycles. The van der Waals surface area contributed by atoms with Crippen molar-refractivity contribution in [3.8, 4) is 5.88 Å². The molecule has 0 aromatic carbocycles. The first-order valence-electron chi connectivity index (χ1n) is 4.02. The third-order valence-electron chi connectivity index (χ3n) is 1.56. The van der Waals surface area contributed by atoms with Crippen molar-refractivity contribution in [2.45, 2.75) is 12.1 Å². The fourth-order valence-corrected chi connectivity index (χ4v) is 0.758. The highest BCUT2D eigenvalue weighted by Crippen LogP contribution is 2.35. The molecule has 3 nitrogen and oxygen atoms in total. The van der Waals surface area contributed by atoms with E-state index in [1.807, 2.05) is 0 Å². The molecule has 2 N–H and O–H groups in total. The molecule has 0 bridgehead atoms. The van der Waals surface area contributed by atoms with Gasteiger partial charge in [-0.25, -0.2) is 0 Å². The van der Waals surface area contributed by atoms with Crippen LogP contribution in [0, 0.1) is 0 Å². The lowest BCUT2D eigenvalue weighted by atomic mass is 10.3. The highest BCUT2D eigenvalue weighted by Gasteiger charge is 2.58. The van der Waals surface area contributed by atoms with E-state index in [9.17, 15) is 22.0 Å². The number of hydrogen-bond acceptors (Lipinski definition) is 3. The smallest absolute Gasteiger partial charge is 0.456 e. The minimum absolute atomic E-state index is 0.0344. The third-order valence-corrected chi connectivity index (χ3v) is 1.56. The van der Waals surface area contributed by atoms with Gasteiger partial charge >= 0.3 is 12.1 Å². The van der Waals surface area contributed by atoms with Crippen molar-refractivity contribution in [2.75, 3.05) is 12.3 Å². The van der Waals surface area contributed by atoms with Crippen LogP contribution in [0.5, 0.6) is 5.88 Å². The van der Waals surface area contributed by atoms with E-state index in [0.717, 1.165) is 6.07 Å². The molecule has 0 saturated heterocycles. The van der Waals surface area contributed by atoms with Crippen molar-refractivity contribution in [3.63, 3.8) is 0 Å². The zero-order valence-electron chi connectivity index (χ0n) is 7.76. The molecule has 90 valence electrons. The standard InChI is InChI=1S/C8H7F5N2O/c9-7(10,8(11,12)13)4-16-6-3-1-2-5(14)15-6/h1-3H,4H2,(H2,14,15). The summed E-state index contributed by atoms with van der Waals surface area (Å²) in [6, 6.07) is 3.79. The third kappa shape index (κ3) is 2.94. The summed E-state index contributed by atoms with van der Waals surface area (Å²) in [5, 5.41) is 0. The minimum atomic E-state index is -5.65. The van der Waals surface area contributed by atoms with Gasteiger partial charge < -0.3 is 10.5 Å². The Bertz CT molecular complexity index is 366. The second kappa shape index (κ2) is 4.11. The van der Waals surface area contributed by atoms with E-state index < -0.39 is 18.7 Å². The van der Waals surface area contributed by atoms with Gasteiger partial charge in [0, 0.05) is 6.07 Å². The van der Waals surface area contributed by atoms with Crippen LogP contribution in [0.15, 0.2) is 18.2 Å². The summed E-state index contributed by atoms with van der Waals surface area (Å²) in [4.78, 5) is 3.41. The summed E-state index contributed by atoms with van der Waals surface area (Å²) >= 11 is 0. The van der Waals surface area contributed by atoms with E-state index in [4.69, 9.17) is 5.73 Å². The number of halogens is 5. The van der Waals surface area contributed by atoms with Crippen LogP contribution in [-0.2, 0) is 0 Å². The van der Waals surface area contributed by atoms with Crippen molar-refractivity contribution in [1.29, 1.82) is 0 Å². The Balaban J connectivity index is 2.65. The van der Waals surface area contributed by atoms with Crippen LogP contribution in [-0.4, -0.2) is 23.7 Å². The van der Waals surface area contributed by atoms with Gasteiger partial charge in [-0.05, 0) is 6.07 Å². The minimum Gasteiger partial charge on any atom is -0.471 e. The molecule has 1 aromatic rings. The van der Waals surface area contributed by atoms with Crippen LogP contribution < -0.4 is 10.5 Å². The van der Waals surface area contributed by atoms with Crippen molar-refractivity contribution < 1.29 is 26.7 Å². The van der Waals surface area contributed by atoms with Crippen LogP contribution in [0.4, 0.5) is 27.8 Å². The maximum Gasteiger partial charge on any atom is 0.456 e. The highest BCUT2D eigenvalue weighted by atomic mass is 19.4. The molecule has 0 saturated carbocycles. The zero-order chi connectivity index (χ0) is 12.4. The monoisotopic (exact) mass is 242 g/mol. The van der Waals surface area contributed by atoms with Gasteiger partial charge in [0.2, 0.25) is 5.88 Å². The van der Waals surface area contributed by atoms with Gasteiger partial charge in [-0.1, -0.05) is 6.07 Å². The summed E-state index contributed by atoms with van der Waals surface area (Å²) in [7, 11) is 0. The summed E-state index contributed by atoms with van der Waals surface area (Å²) < 4.78 is 64.3. The molecule has 0 radical (unpaired) electrons. The van der Waals surface area contributed by atoms with E-state index in [1.165, 1.54) is 12.1 Å². The number of nitrogens with zero attached hydrogens (tertiary/aromatic N) is 1. The predicted molar refractivity (Wildman–Crippen MR) is 45.1 cm³/mol. The Kier molecular flexibility index (Phi) is 3.20. The lowest BCUT2D eigenvalue weighted by Crippen LogP contribution is -2.41. The maximum atomic E-state index is 12.4. The van der Waals surface area contributed by atoms with Crippen LogP contribution >= 0.6 is 0 Å². The number of aromatic nitrogens is 1. The molecular formula is C8H7F5N2O. The average Bonchev–Trinajstić information content (AvgIpc) is 2.13. The zero-order valence-corrected chi connectivity index (χ0v) is 7.76. The Morgan fingerprint density at radius 3 is 2.31 bits per heavy atom. The molecule has 1 heterocycles. The van der Waals surface area contributed by atoms with Crippen molar-refractivity contribution in [1.82, 2.24) is 4.98 Å². The van der Waals surface area contributed by atoms with Crippen molar-refractivity contribution in [2.24, 2.45) is 0 Å². The molecular weight excluding hydrogens is 235 g/mol. The molecule has 8 heteroatoms. The van der Waals surface area contributed by atoms with Gasteiger partial charge in [0.1, 0.15) is 5.82 Å². The summed E-state index contributed by atoms with van der Waals surface area (Å²) in [6.07, 6.45) is -5.65. The van der Waals surface area contributed by atoms with Crippen LogP contribution in [0.2, 0.25) is 0 Å². The number of ether oxygens (including phenoxy) is 1. The quantitative estimate of drug-likeness (QED) is 0.827. The van der Waals surface area contributed by atoms with Crippen molar-refractivity contribution in [3.05, 3.63) is 18.2 Å². The molecule has 1 rings (SSSR count). The Morgan fingerprint density at radius 1 is 1.19 bits per heavy atom. The summed E-state index contributed by atoms with van der Waals surface area (Å²) in [5.74, 6) is -5.34. The average molecular weight is 242 g/mol. The van der Waals surface area contributed by atoms with E-state index in [0.29, 0.717) is 0 Å². The Hall–Kier alpha value is -1.60. The molecule has 0 fully saturated rings. The number of rotatable bonds is 3. The topological polar surface area (TPSA) is 48.1 Å². The van der Waals surface area contributed by atoms with Crippen LogP contribution in [0.25, 0.3) is 0 Å². The second-order valence-electron chi connectivity index (χ2n) is 2.89. The molecule has 0 aliphatic heterocycles. The lowest BCUT2D eigenvalue weighted by Gasteiger charge is -2.19. The fraction of sp³-hybridized carbons (Fsp3) is 0.375. The summed E-state index contributed by atoms with van der Waals surface area (Å²) in [6.45, 7) is -1.83. The number of nitrogens with two attached hydrogens (primary N) is 1. The molecule has 16 heavy (non-hydrogen) atoms. The van der Waals surface area contributed by atoms with Gasteiger partial charge in [0.15, 0.2) is 6.61 Å². The number of alkyl halides is 5. The highest BCUT2D eigenvalue weighted by molar-refractivity contribution is 5.31. The predicted octanol–water partition coefficient (Wildman–Crippen LogP) is 2.24. The van der Waals surface area contributed by atoms with E-state index >= 15 is 0 Å².